The summed E-state index contributed by atoms with van der Waals surface area (Å²) in [7, 11) is 0. The number of halogens is 1. The van der Waals surface area contributed by atoms with Gasteiger partial charge in [0.2, 0.25) is 0 Å². The molecular formula is C29H29ClO6. The predicted molar refractivity (Wildman–Crippen MR) is 138 cm³/mol. The highest BCUT2D eigenvalue weighted by atomic mass is 35.5. The zero-order valence-corrected chi connectivity index (χ0v) is 21.0. The zero-order chi connectivity index (χ0) is 24.9. The lowest BCUT2D eigenvalue weighted by molar-refractivity contribution is 0.0495. The molecule has 5 rings (SSSR count). The lowest BCUT2D eigenvalue weighted by Crippen LogP contribution is -2.21. The van der Waals surface area contributed by atoms with Gasteiger partial charge in [-0.1, -0.05) is 35.9 Å². The normalized spacial score (nSPS) is 15.4. The fourth-order valence-corrected chi connectivity index (χ4v) is 4.74. The number of hydrogen-bond donors (Lipinski definition) is 0. The van der Waals surface area contributed by atoms with Crippen LogP contribution >= 0.6 is 11.6 Å². The molecule has 7 heteroatoms. The van der Waals surface area contributed by atoms with Crippen LogP contribution in [0.3, 0.4) is 0 Å². The molecular weight excluding hydrogens is 480 g/mol. The van der Waals surface area contributed by atoms with Crippen LogP contribution in [0.1, 0.15) is 34.3 Å². The average molecular weight is 509 g/mol. The number of benzene rings is 3. The summed E-state index contributed by atoms with van der Waals surface area (Å²) >= 11 is 6.45. The van der Waals surface area contributed by atoms with Gasteiger partial charge in [-0.25, -0.2) is 0 Å². The van der Waals surface area contributed by atoms with Gasteiger partial charge in [0, 0.05) is 19.3 Å². The second-order valence-electron chi connectivity index (χ2n) is 9.04. The van der Waals surface area contributed by atoms with E-state index >= 15 is 0 Å². The highest BCUT2D eigenvalue weighted by molar-refractivity contribution is 6.32. The number of hydrogen-bond acceptors (Lipinski definition) is 6. The Balaban J connectivity index is 1.32. The Morgan fingerprint density at radius 3 is 2.56 bits per heavy atom. The van der Waals surface area contributed by atoms with Crippen molar-refractivity contribution in [1.29, 1.82) is 0 Å². The van der Waals surface area contributed by atoms with E-state index in [1.165, 1.54) is 0 Å². The largest absolute Gasteiger partial charge is 0.492 e. The van der Waals surface area contributed by atoms with Gasteiger partial charge in [-0.05, 0) is 66.1 Å². The Bertz CT molecular complexity index is 1230. The molecule has 0 saturated carbocycles. The molecule has 0 aromatic heterocycles. The van der Waals surface area contributed by atoms with Gasteiger partial charge in [0.25, 0.3) is 0 Å². The first-order valence-electron chi connectivity index (χ1n) is 12.2. The maximum absolute atomic E-state index is 11.6. The van der Waals surface area contributed by atoms with E-state index in [0.717, 1.165) is 66.1 Å². The molecule has 0 radical (unpaired) electrons. The molecule has 1 fully saturated rings. The summed E-state index contributed by atoms with van der Waals surface area (Å²) < 4.78 is 29.0. The molecule has 0 amide bonds. The van der Waals surface area contributed by atoms with Crippen molar-refractivity contribution in [3.05, 3.63) is 70.2 Å². The second-order valence-corrected chi connectivity index (χ2v) is 9.45. The molecule has 2 aliphatic rings. The molecule has 2 heterocycles. The molecule has 3 aromatic carbocycles. The van der Waals surface area contributed by atoms with Crippen LogP contribution in [0.2, 0.25) is 5.02 Å². The summed E-state index contributed by atoms with van der Waals surface area (Å²) in [5, 5.41) is 0.371. The Labute approximate surface area is 216 Å². The maximum atomic E-state index is 11.6. The third-order valence-electron chi connectivity index (χ3n) is 6.69. The van der Waals surface area contributed by atoms with Crippen LogP contribution < -0.4 is 18.9 Å². The summed E-state index contributed by atoms with van der Waals surface area (Å²) in [5.41, 5.74) is 4.69. The van der Waals surface area contributed by atoms with Crippen LogP contribution in [-0.2, 0) is 11.3 Å². The Kier molecular flexibility index (Phi) is 7.63. The van der Waals surface area contributed by atoms with Crippen LogP contribution in [-0.4, -0.2) is 39.3 Å². The monoisotopic (exact) mass is 508 g/mol. The first kappa shape index (κ1) is 24.5. The van der Waals surface area contributed by atoms with Crippen molar-refractivity contribution in [1.82, 2.24) is 0 Å². The van der Waals surface area contributed by atoms with Crippen LogP contribution in [0.15, 0.2) is 48.5 Å². The molecule has 188 valence electrons. The molecule has 1 saturated heterocycles. The van der Waals surface area contributed by atoms with Gasteiger partial charge in [0.1, 0.15) is 31.3 Å². The maximum Gasteiger partial charge on any atom is 0.161 e. The van der Waals surface area contributed by atoms with E-state index in [0.29, 0.717) is 54.4 Å². The minimum atomic E-state index is 0.323. The summed E-state index contributed by atoms with van der Waals surface area (Å²) in [6.07, 6.45) is 2.66. The molecule has 6 nitrogen and oxygen atoms in total. The van der Waals surface area contributed by atoms with Gasteiger partial charge in [-0.2, -0.15) is 0 Å². The first-order valence-corrected chi connectivity index (χ1v) is 12.6. The standard InChI is InChI=1S/C29H29ClO6/c1-19-22(3-2-4-24(19)21-5-6-26-29(14-21)34-12-11-33-26)18-36-28-15-27(23(16-31)13-25(28)30)35-17-20-7-9-32-10-8-20/h2-6,13-16,20H,7-12,17-18H2,1H3. The topological polar surface area (TPSA) is 63.2 Å². The summed E-state index contributed by atoms with van der Waals surface area (Å²) in [6.45, 7) is 5.53. The summed E-state index contributed by atoms with van der Waals surface area (Å²) in [5.74, 6) is 2.90. The van der Waals surface area contributed by atoms with Crippen molar-refractivity contribution in [2.45, 2.75) is 26.4 Å². The Hall–Kier alpha value is -3.22. The highest BCUT2D eigenvalue weighted by Gasteiger charge is 2.18. The van der Waals surface area contributed by atoms with E-state index in [1.807, 2.05) is 30.3 Å². The van der Waals surface area contributed by atoms with Crippen LogP contribution in [0.4, 0.5) is 0 Å². The van der Waals surface area contributed by atoms with Crippen molar-refractivity contribution in [2.75, 3.05) is 33.0 Å². The Morgan fingerprint density at radius 2 is 1.75 bits per heavy atom. The van der Waals surface area contributed by atoms with Crippen molar-refractivity contribution in [3.8, 4) is 34.1 Å². The smallest absolute Gasteiger partial charge is 0.161 e. The van der Waals surface area contributed by atoms with Gasteiger partial charge < -0.3 is 23.7 Å². The van der Waals surface area contributed by atoms with Gasteiger partial charge in [0.15, 0.2) is 17.8 Å². The van der Waals surface area contributed by atoms with Gasteiger partial charge in [-0.3, -0.25) is 4.79 Å². The van der Waals surface area contributed by atoms with Crippen molar-refractivity contribution in [2.24, 2.45) is 5.92 Å². The Morgan fingerprint density at radius 1 is 0.944 bits per heavy atom. The lowest BCUT2D eigenvalue weighted by Gasteiger charge is -2.22. The van der Waals surface area contributed by atoms with Crippen LogP contribution in [0, 0.1) is 12.8 Å². The molecule has 0 aliphatic carbocycles. The number of carbonyl (C=O) groups is 1. The molecule has 0 unspecified atom stereocenters. The second kappa shape index (κ2) is 11.2. The predicted octanol–water partition coefficient (Wildman–Crippen LogP) is 6.28. The van der Waals surface area contributed by atoms with E-state index in [1.54, 1.807) is 12.1 Å². The van der Waals surface area contributed by atoms with E-state index < -0.39 is 0 Å². The van der Waals surface area contributed by atoms with E-state index in [9.17, 15) is 4.79 Å². The first-order chi connectivity index (χ1) is 17.6. The number of fused-ring (bicyclic) bond motifs is 1. The molecule has 0 spiro atoms. The molecule has 0 bridgehead atoms. The lowest BCUT2D eigenvalue weighted by atomic mass is 9.96. The SMILES string of the molecule is Cc1c(COc2cc(OCC3CCOCC3)c(C=O)cc2Cl)cccc1-c1ccc2c(c1)OCCO2. The number of ether oxygens (including phenoxy) is 5. The zero-order valence-electron chi connectivity index (χ0n) is 20.3. The average Bonchev–Trinajstić information content (AvgIpc) is 2.92. The van der Waals surface area contributed by atoms with Crippen molar-refractivity contribution in [3.63, 3.8) is 0 Å². The molecule has 2 aliphatic heterocycles. The van der Waals surface area contributed by atoms with Crippen LogP contribution in [0.5, 0.6) is 23.0 Å². The fraction of sp³-hybridized carbons (Fsp3) is 0.345. The summed E-state index contributed by atoms with van der Waals surface area (Å²) in [6, 6.07) is 15.4. The minimum absolute atomic E-state index is 0.323. The highest BCUT2D eigenvalue weighted by Crippen LogP contribution is 2.37. The number of carbonyl (C=O) groups excluding carboxylic acids is 1. The molecule has 3 aromatic rings. The van der Waals surface area contributed by atoms with Crippen molar-refractivity contribution >= 4 is 17.9 Å². The fourth-order valence-electron chi connectivity index (χ4n) is 4.52. The number of rotatable bonds is 8. The minimum Gasteiger partial charge on any atom is -0.492 e. The van der Waals surface area contributed by atoms with E-state index in [4.69, 9.17) is 35.3 Å². The molecule has 0 N–H and O–H groups in total. The quantitative estimate of drug-likeness (QED) is 0.333. The number of aldehydes is 1. The van der Waals surface area contributed by atoms with Crippen LogP contribution in [0.25, 0.3) is 11.1 Å². The van der Waals surface area contributed by atoms with Gasteiger partial charge in [0.05, 0.1) is 17.2 Å². The van der Waals surface area contributed by atoms with Gasteiger partial charge >= 0.3 is 0 Å². The molecule has 36 heavy (non-hydrogen) atoms. The van der Waals surface area contributed by atoms with E-state index in [-0.39, 0.29) is 0 Å². The van der Waals surface area contributed by atoms with Gasteiger partial charge in [-0.15, -0.1) is 0 Å². The molecule has 0 atom stereocenters. The summed E-state index contributed by atoms with van der Waals surface area (Å²) in [4.78, 5) is 11.6. The van der Waals surface area contributed by atoms with E-state index in [2.05, 4.69) is 13.0 Å². The third-order valence-corrected chi connectivity index (χ3v) is 6.98. The third kappa shape index (κ3) is 5.45. The van der Waals surface area contributed by atoms with Crippen molar-refractivity contribution < 1.29 is 28.5 Å².